The Kier molecular flexibility index (Phi) is 6.05. The van der Waals surface area contributed by atoms with E-state index in [9.17, 15) is 9.59 Å². The number of amides is 2. The van der Waals surface area contributed by atoms with Crippen LogP contribution in [0.25, 0.3) is 0 Å². The van der Waals surface area contributed by atoms with Crippen molar-refractivity contribution in [1.82, 2.24) is 14.7 Å². The molecule has 1 aromatic heterocycles. The van der Waals surface area contributed by atoms with Gasteiger partial charge in [-0.1, -0.05) is 0 Å². The summed E-state index contributed by atoms with van der Waals surface area (Å²) in [7, 11) is 6.36. The lowest BCUT2D eigenvalue weighted by Gasteiger charge is -2.19. The molecule has 0 aliphatic carbocycles. The number of benzene rings is 1. The maximum absolute atomic E-state index is 12.7. The summed E-state index contributed by atoms with van der Waals surface area (Å²) in [5, 5.41) is 4.09. The van der Waals surface area contributed by atoms with Crippen LogP contribution in [0.3, 0.4) is 0 Å². The molecular weight excluding hydrogens is 340 g/mol. The molecule has 1 heterocycles. The average molecular weight is 362 g/mol. The molecule has 9 nitrogen and oxygen atoms in total. The molecule has 2 amide bonds. The zero-order chi connectivity index (χ0) is 19.3. The van der Waals surface area contributed by atoms with E-state index in [0.29, 0.717) is 12.1 Å². The molecule has 0 saturated carbocycles. The molecule has 0 saturated heterocycles. The van der Waals surface area contributed by atoms with Crippen LogP contribution in [-0.4, -0.2) is 54.4 Å². The Morgan fingerprint density at radius 3 is 2.31 bits per heavy atom. The van der Waals surface area contributed by atoms with Gasteiger partial charge < -0.3 is 24.8 Å². The fourth-order valence-electron chi connectivity index (χ4n) is 2.41. The summed E-state index contributed by atoms with van der Waals surface area (Å²) in [5.41, 5.74) is 6.37. The Hall–Kier alpha value is -3.23. The van der Waals surface area contributed by atoms with Gasteiger partial charge in [0.25, 0.3) is 11.8 Å². The molecule has 1 aromatic carbocycles. The van der Waals surface area contributed by atoms with Crippen LogP contribution in [0, 0.1) is 0 Å². The number of methoxy groups -OCH3 is 2. The van der Waals surface area contributed by atoms with Crippen molar-refractivity contribution < 1.29 is 23.8 Å². The van der Waals surface area contributed by atoms with Crippen molar-refractivity contribution in [3.63, 3.8) is 0 Å². The van der Waals surface area contributed by atoms with Gasteiger partial charge in [-0.25, -0.2) is 0 Å². The molecule has 26 heavy (non-hydrogen) atoms. The smallest absolute Gasteiger partial charge is 0.255 e. The third-order valence-electron chi connectivity index (χ3n) is 3.59. The molecule has 0 unspecified atom stereocenters. The van der Waals surface area contributed by atoms with Crippen LogP contribution in [0.5, 0.6) is 17.2 Å². The lowest BCUT2D eigenvalue weighted by Crippen LogP contribution is -2.26. The zero-order valence-corrected chi connectivity index (χ0v) is 15.2. The summed E-state index contributed by atoms with van der Waals surface area (Å²) >= 11 is 0. The Labute approximate surface area is 151 Å². The van der Waals surface area contributed by atoms with Gasteiger partial charge in [0.05, 0.1) is 20.4 Å². The van der Waals surface area contributed by atoms with Crippen molar-refractivity contribution in [2.24, 2.45) is 12.8 Å². The van der Waals surface area contributed by atoms with E-state index in [1.54, 1.807) is 22.8 Å². The minimum absolute atomic E-state index is 0.209. The standard InChI is InChI=1S/C17H22N4O5/c1-20(8-11-7-19-21(2)9-11)17(23)12-5-13(24-3)16(14(6-12)25-4)26-10-15(18)22/h5-7,9H,8,10H2,1-4H3,(H2,18,22). The first-order valence-electron chi connectivity index (χ1n) is 7.75. The second-order valence-electron chi connectivity index (χ2n) is 5.65. The summed E-state index contributed by atoms with van der Waals surface area (Å²) in [6.07, 6.45) is 3.54. The highest BCUT2D eigenvalue weighted by Crippen LogP contribution is 2.38. The lowest BCUT2D eigenvalue weighted by molar-refractivity contribution is -0.120. The lowest BCUT2D eigenvalue weighted by atomic mass is 10.1. The Morgan fingerprint density at radius 1 is 1.23 bits per heavy atom. The molecule has 0 aliphatic heterocycles. The van der Waals surface area contributed by atoms with Crippen molar-refractivity contribution in [1.29, 1.82) is 0 Å². The van der Waals surface area contributed by atoms with Gasteiger partial charge in [0, 0.05) is 38.0 Å². The summed E-state index contributed by atoms with van der Waals surface area (Å²) in [5.74, 6) is -0.120. The third kappa shape index (κ3) is 4.44. The van der Waals surface area contributed by atoms with Crippen LogP contribution in [0.4, 0.5) is 0 Å². The van der Waals surface area contributed by atoms with E-state index in [4.69, 9.17) is 19.9 Å². The van der Waals surface area contributed by atoms with Gasteiger partial charge >= 0.3 is 0 Å². The van der Waals surface area contributed by atoms with Crippen LogP contribution >= 0.6 is 0 Å². The first kappa shape index (κ1) is 19.1. The van der Waals surface area contributed by atoms with Crippen molar-refractivity contribution in [3.05, 3.63) is 35.7 Å². The molecule has 2 rings (SSSR count). The Bertz CT molecular complexity index is 777. The number of ether oxygens (including phenoxy) is 3. The number of hydrogen-bond acceptors (Lipinski definition) is 6. The quantitative estimate of drug-likeness (QED) is 0.735. The summed E-state index contributed by atoms with van der Waals surface area (Å²) in [6.45, 7) is 0.0676. The molecule has 140 valence electrons. The van der Waals surface area contributed by atoms with Crippen molar-refractivity contribution in [2.45, 2.75) is 6.54 Å². The number of carbonyl (C=O) groups is 2. The molecule has 0 radical (unpaired) electrons. The van der Waals surface area contributed by atoms with Gasteiger partial charge in [0.15, 0.2) is 18.1 Å². The normalized spacial score (nSPS) is 10.3. The molecule has 0 spiro atoms. The minimum Gasteiger partial charge on any atom is -0.493 e. The van der Waals surface area contributed by atoms with Crippen LogP contribution in [0.15, 0.2) is 24.5 Å². The maximum Gasteiger partial charge on any atom is 0.255 e. The summed E-state index contributed by atoms with van der Waals surface area (Å²) in [4.78, 5) is 25.3. The first-order chi connectivity index (χ1) is 12.3. The summed E-state index contributed by atoms with van der Waals surface area (Å²) < 4.78 is 17.6. The largest absolute Gasteiger partial charge is 0.493 e. The zero-order valence-electron chi connectivity index (χ0n) is 15.2. The average Bonchev–Trinajstić information content (AvgIpc) is 3.02. The van der Waals surface area contributed by atoms with Crippen LogP contribution in [0.2, 0.25) is 0 Å². The van der Waals surface area contributed by atoms with Gasteiger partial charge in [0.1, 0.15) is 0 Å². The molecule has 0 aliphatic rings. The van der Waals surface area contributed by atoms with E-state index in [2.05, 4.69) is 5.10 Å². The maximum atomic E-state index is 12.7. The fourth-order valence-corrected chi connectivity index (χ4v) is 2.41. The minimum atomic E-state index is -0.634. The van der Waals surface area contributed by atoms with Crippen LogP contribution < -0.4 is 19.9 Å². The van der Waals surface area contributed by atoms with Crippen LogP contribution in [0.1, 0.15) is 15.9 Å². The number of rotatable bonds is 8. The first-order valence-corrected chi connectivity index (χ1v) is 7.75. The Balaban J connectivity index is 2.27. The fraction of sp³-hybridized carbons (Fsp3) is 0.353. The highest BCUT2D eigenvalue weighted by molar-refractivity contribution is 5.95. The van der Waals surface area contributed by atoms with Crippen molar-refractivity contribution in [2.75, 3.05) is 27.9 Å². The number of primary amides is 1. The van der Waals surface area contributed by atoms with E-state index in [1.807, 2.05) is 13.2 Å². The topological polar surface area (TPSA) is 109 Å². The van der Waals surface area contributed by atoms with E-state index < -0.39 is 5.91 Å². The molecular formula is C17H22N4O5. The second kappa shape index (κ2) is 8.24. The van der Waals surface area contributed by atoms with E-state index in [-0.39, 0.29) is 29.8 Å². The highest BCUT2D eigenvalue weighted by atomic mass is 16.5. The number of carbonyl (C=O) groups excluding carboxylic acids is 2. The van der Waals surface area contributed by atoms with Crippen molar-refractivity contribution in [3.8, 4) is 17.2 Å². The van der Waals surface area contributed by atoms with E-state index in [1.165, 1.54) is 26.4 Å². The molecule has 0 fully saturated rings. The van der Waals surface area contributed by atoms with E-state index >= 15 is 0 Å². The van der Waals surface area contributed by atoms with Gasteiger partial charge in [0.2, 0.25) is 5.75 Å². The number of aryl methyl sites for hydroxylation is 1. The predicted molar refractivity (Wildman–Crippen MR) is 93.2 cm³/mol. The van der Waals surface area contributed by atoms with Crippen molar-refractivity contribution >= 4 is 11.8 Å². The molecule has 9 heteroatoms. The summed E-state index contributed by atoms with van der Waals surface area (Å²) in [6, 6.07) is 3.06. The van der Waals surface area contributed by atoms with E-state index in [0.717, 1.165) is 5.56 Å². The predicted octanol–water partition coefficient (Wildman–Crippen LogP) is 0.574. The second-order valence-corrected chi connectivity index (χ2v) is 5.65. The number of nitrogens with zero attached hydrogens (tertiary/aromatic N) is 3. The SMILES string of the molecule is COc1cc(C(=O)N(C)Cc2cnn(C)c2)cc(OC)c1OCC(N)=O. The third-order valence-corrected chi connectivity index (χ3v) is 3.59. The monoisotopic (exact) mass is 362 g/mol. The van der Waals surface area contributed by atoms with Gasteiger partial charge in [-0.3, -0.25) is 14.3 Å². The number of hydrogen-bond donors (Lipinski definition) is 1. The van der Waals surface area contributed by atoms with Gasteiger partial charge in [-0.05, 0) is 12.1 Å². The molecule has 0 atom stereocenters. The Morgan fingerprint density at radius 2 is 1.85 bits per heavy atom. The number of aromatic nitrogens is 2. The molecule has 0 bridgehead atoms. The van der Waals surface area contributed by atoms with Gasteiger partial charge in [-0.2, -0.15) is 5.10 Å². The van der Waals surface area contributed by atoms with Gasteiger partial charge in [-0.15, -0.1) is 0 Å². The number of nitrogens with two attached hydrogens (primary N) is 1. The molecule has 2 aromatic rings. The molecule has 2 N–H and O–H groups in total. The van der Waals surface area contributed by atoms with Crippen LogP contribution in [-0.2, 0) is 18.4 Å². The highest BCUT2D eigenvalue weighted by Gasteiger charge is 2.20.